The van der Waals surface area contributed by atoms with Gasteiger partial charge in [0.05, 0.1) is 6.61 Å². The van der Waals surface area contributed by atoms with Crippen LogP contribution in [0.5, 0.6) is 5.75 Å². The molecule has 0 radical (unpaired) electrons. The van der Waals surface area contributed by atoms with Crippen LogP contribution in [0.1, 0.15) is 77.2 Å². The van der Waals surface area contributed by atoms with Crippen LogP contribution in [0, 0.1) is 11.8 Å². The second-order valence-corrected chi connectivity index (χ2v) is 8.58. The molecule has 3 rings (SSSR count). The van der Waals surface area contributed by atoms with E-state index in [0.717, 1.165) is 17.6 Å². The SMILES string of the molecule is CCCCC[C@H]1CC[C@H](CCc2ccc(-c3ccc(OCC)cc3)cc2)CC1. The van der Waals surface area contributed by atoms with E-state index in [4.69, 9.17) is 4.74 Å². The predicted octanol–water partition coefficient (Wildman–Crippen LogP) is 8.07. The van der Waals surface area contributed by atoms with Crippen LogP contribution in [0.3, 0.4) is 0 Å². The van der Waals surface area contributed by atoms with Gasteiger partial charge in [-0.25, -0.2) is 0 Å². The van der Waals surface area contributed by atoms with Crippen molar-refractivity contribution < 1.29 is 4.74 Å². The largest absolute Gasteiger partial charge is 0.494 e. The third kappa shape index (κ3) is 6.40. The minimum Gasteiger partial charge on any atom is -0.494 e. The molecule has 0 aromatic heterocycles. The van der Waals surface area contributed by atoms with Crippen LogP contribution in [0.15, 0.2) is 48.5 Å². The number of aryl methyl sites for hydroxylation is 1. The van der Waals surface area contributed by atoms with Crippen molar-refractivity contribution in [3.8, 4) is 16.9 Å². The number of benzene rings is 2. The van der Waals surface area contributed by atoms with Gasteiger partial charge in [-0.05, 0) is 60.4 Å². The standard InChI is InChI=1S/C27H38O/c1-3-5-6-7-22-8-10-23(11-9-22)12-13-24-14-16-25(17-15-24)26-18-20-27(21-19-26)28-4-2/h14-23H,3-13H2,1-2H3/t22-,23-. The smallest absolute Gasteiger partial charge is 0.119 e. The van der Waals surface area contributed by atoms with E-state index in [9.17, 15) is 0 Å². The number of ether oxygens (including phenoxy) is 1. The highest BCUT2D eigenvalue weighted by molar-refractivity contribution is 5.64. The van der Waals surface area contributed by atoms with Gasteiger partial charge < -0.3 is 4.74 Å². The predicted molar refractivity (Wildman–Crippen MR) is 121 cm³/mol. The molecule has 0 saturated heterocycles. The van der Waals surface area contributed by atoms with Crippen LogP contribution < -0.4 is 4.74 Å². The first kappa shape index (κ1) is 21.0. The Morgan fingerprint density at radius 2 is 1.29 bits per heavy atom. The monoisotopic (exact) mass is 378 g/mol. The van der Waals surface area contributed by atoms with Gasteiger partial charge in [0.25, 0.3) is 0 Å². The number of unbranched alkanes of at least 4 members (excludes halogenated alkanes) is 2. The lowest BCUT2D eigenvalue weighted by molar-refractivity contribution is 0.249. The zero-order valence-electron chi connectivity index (χ0n) is 18.0. The zero-order valence-corrected chi connectivity index (χ0v) is 18.0. The summed E-state index contributed by atoms with van der Waals surface area (Å²) in [5, 5.41) is 0. The molecule has 1 saturated carbocycles. The van der Waals surface area contributed by atoms with Gasteiger partial charge >= 0.3 is 0 Å². The lowest BCUT2D eigenvalue weighted by Crippen LogP contribution is -2.15. The van der Waals surface area contributed by atoms with Gasteiger partial charge in [0.15, 0.2) is 0 Å². The molecule has 1 heteroatoms. The van der Waals surface area contributed by atoms with E-state index in [-0.39, 0.29) is 0 Å². The topological polar surface area (TPSA) is 9.23 Å². The van der Waals surface area contributed by atoms with Crippen molar-refractivity contribution in [1.29, 1.82) is 0 Å². The molecule has 0 spiro atoms. The van der Waals surface area contributed by atoms with E-state index in [0.29, 0.717) is 6.61 Å². The molecule has 1 fully saturated rings. The summed E-state index contributed by atoms with van der Waals surface area (Å²) in [4.78, 5) is 0. The first-order valence-corrected chi connectivity index (χ1v) is 11.6. The van der Waals surface area contributed by atoms with Crippen LogP contribution in [-0.2, 0) is 6.42 Å². The minimum absolute atomic E-state index is 0.717. The van der Waals surface area contributed by atoms with E-state index in [1.807, 2.05) is 6.92 Å². The van der Waals surface area contributed by atoms with Gasteiger partial charge in [-0.2, -0.15) is 0 Å². The van der Waals surface area contributed by atoms with E-state index in [2.05, 4.69) is 55.5 Å². The summed E-state index contributed by atoms with van der Waals surface area (Å²) in [5.41, 5.74) is 4.04. The summed E-state index contributed by atoms with van der Waals surface area (Å²) in [6.45, 7) is 5.04. The molecule has 28 heavy (non-hydrogen) atoms. The Kier molecular flexibility index (Phi) is 8.45. The Balaban J connectivity index is 1.42. The van der Waals surface area contributed by atoms with Crippen molar-refractivity contribution in [2.75, 3.05) is 6.61 Å². The summed E-state index contributed by atoms with van der Waals surface area (Å²) in [5.74, 6) is 2.92. The van der Waals surface area contributed by atoms with Gasteiger partial charge in [0, 0.05) is 0 Å². The van der Waals surface area contributed by atoms with Gasteiger partial charge in [0.1, 0.15) is 5.75 Å². The lowest BCUT2D eigenvalue weighted by Gasteiger charge is -2.28. The summed E-state index contributed by atoms with van der Waals surface area (Å²) < 4.78 is 5.54. The van der Waals surface area contributed by atoms with Crippen LogP contribution in [-0.4, -0.2) is 6.61 Å². The van der Waals surface area contributed by atoms with Crippen molar-refractivity contribution in [2.24, 2.45) is 11.8 Å². The third-order valence-corrected chi connectivity index (χ3v) is 6.48. The molecule has 2 aromatic rings. The Labute approximate surface area is 172 Å². The number of hydrogen-bond donors (Lipinski definition) is 0. The second-order valence-electron chi connectivity index (χ2n) is 8.58. The van der Waals surface area contributed by atoms with Crippen molar-refractivity contribution in [2.45, 2.75) is 78.1 Å². The average molecular weight is 379 g/mol. The summed E-state index contributed by atoms with van der Waals surface area (Å²) in [6, 6.07) is 17.6. The Hall–Kier alpha value is -1.76. The summed E-state index contributed by atoms with van der Waals surface area (Å²) in [7, 11) is 0. The number of rotatable bonds is 10. The minimum atomic E-state index is 0.717. The maximum atomic E-state index is 5.54. The third-order valence-electron chi connectivity index (χ3n) is 6.48. The highest BCUT2D eigenvalue weighted by Gasteiger charge is 2.20. The maximum Gasteiger partial charge on any atom is 0.119 e. The molecule has 1 aliphatic carbocycles. The van der Waals surface area contributed by atoms with Gasteiger partial charge in [-0.1, -0.05) is 94.7 Å². The van der Waals surface area contributed by atoms with Gasteiger partial charge in [0.2, 0.25) is 0 Å². The quantitative estimate of drug-likeness (QED) is 0.380. The van der Waals surface area contributed by atoms with Crippen molar-refractivity contribution in [1.82, 2.24) is 0 Å². The highest BCUT2D eigenvalue weighted by Crippen LogP contribution is 2.34. The van der Waals surface area contributed by atoms with Crippen LogP contribution in [0.2, 0.25) is 0 Å². The number of hydrogen-bond acceptors (Lipinski definition) is 1. The normalized spacial score (nSPS) is 19.5. The van der Waals surface area contributed by atoms with Crippen molar-refractivity contribution in [3.05, 3.63) is 54.1 Å². The molecule has 0 amide bonds. The fourth-order valence-electron chi connectivity index (χ4n) is 4.64. The van der Waals surface area contributed by atoms with Crippen molar-refractivity contribution >= 4 is 0 Å². The molecular formula is C27H38O. The molecular weight excluding hydrogens is 340 g/mol. The molecule has 0 N–H and O–H groups in total. The lowest BCUT2D eigenvalue weighted by atomic mass is 9.78. The molecule has 2 aromatic carbocycles. The zero-order chi connectivity index (χ0) is 19.6. The molecule has 1 nitrogen and oxygen atoms in total. The molecule has 0 atom stereocenters. The average Bonchev–Trinajstić information content (AvgIpc) is 2.75. The fourth-order valence-corrected chi connectivity index (χ4v) is 4.64. The fraction of sp³-hybridized carbons (Fsp3) is 0.556. The Morgan fingerprint density at radius 1 is 0.714 bits per heavy atom. The summed E-state index contributed by atoms with van der Waals surface area (Å²) >= 11 is 0. The summed E-state index contributed by atoms with van der Waals surface area (Å²) in [6.07, 6.45) is 14.2. The van der Waals surface area contributed by atoms with Crippen LogP contribution in [0.4, 0.5) is 0 Å². The van der Waals surface area contributed by atoms with Crippen LogP contribution in [0.25, 0.3) is 11.1 Å². The molecule has 1 aliphatic rings. The van der Waals surface area contributed by atoms with E-state index in [1.165, 1.54) is 80.9 Å². The van der Waals surface area contributed by atoms with Crippen LogP contribution >= 0.6 is 0 Å². The molecule has 0 aliphatic heterocycles. The molecule has 0 heterocycles. The van der Waals surface area contributed by atoms with Gasteiger partial charge in [-0.3, -0.25) is 0 Å². The Morgan fingerprint density at radius 3 is 1.86 bits per heavy atom. The molecule has 0 unspecified atom stereocenters. The van der Waals surface area contributed by atoms with E-state index >= 15 is 0 Å². The van der Waals surface area contributed by atoms with Gasteiger partial charge in [-0.15, -0.1) is 0 Å². The van der Waals surface area contributed by atoms with Crippen molar-refractivity contribution in [3.63, 3.8) is 0 Å². The first-order chi connectivity index (χ1) is 13.8. The highest BCUT2D eigenvalue weighted by atomic mass is 16.5. The first-order valence-electron chi connectivity index (χ1n) is 11.6. The maximum absolute atomic E-state index is 5.54. The van der Waals surface area contributed by atoms with E-state index in [1.54, 1.807) is 0 Å². The molecule has 0 bridgehead atoms. The second kappa shape index (κ2) is 11.3. The Bertz CT molecular complexity index is 662. The van der Waals surface area contributed by atoms with E-state index < -0.39 is 0 Å². The molecule has 152 valence electrons.